The summed E-state index contributed by atoms with van der Waals surface area (Å²) in [5, 5.41) is 15.8. The zero-order valence-corrected chi connectivity index (χ0v) is 26.2. The largest absolute Gasteiger partial charge is 0.491 e. The van der Waals surface area contributed by atoms with Crippen LogP contribution in [0.1, 0.15) is 66.4 Å². The lowest BCUT2D eigenvalue weighted by atomic mass is 9.81. The molecule has 0 bridgehead atoms. The number of nitrogens with zero attached hydrogens (tertiary/aromatic N) is 1. The number of benzene rings is 3. The van der Waals surface area contributed by atoms with Gasteiger partial charge in [-0.25, -0.2) is 4.79 Å². The maximum atomic E-state index is 13.8. The second-order valence-corrected chi connectivity index (χ2v) is 12.3. The van der Waals surface area contributed by atoms with Crippen molar-refractivity contribution in [3.8, 4) is 17.0 Å². The van der Waals surface area contributed by atoms with Gasteiger partial charge in [-0.3, -0.25) is 9.59 Å². The van der Waals surface area contributed by atoms with E-state index >= 15 is 0 Å². The Morgan fingerprint density at radius 1 is 1.04 bits per heavy atom. The number of aliphatic carboxylic acids is 1. The Kier molecular flexibility index (Phi) is 8.94. The van der Waals surface area contributed by atoms with Gasteiger partial charge in [0.15, 0.2) is 0 Å². The van der Waals surface area contributed by atoms with Crippen LogP contribution in [0.15, 0.2) is 72.8 Å². The maximum Gasteiger partial charge on any atom is 0.328 e. The van der Waals surface area contributed by atoms with Crippen LogP contribution in [0.5, 0.6) is 5.75 Å². The number of nitrogens with one attached hydrogen (secondary N) is 2. The fraction of sp³-hybridized carbons (Fsp3) is 0.324. The number of hydrogen-bond acceptors (Lipinski definition) is 5. The van der Waals surface area contributed by atoms with Crippen LogP contribution in [0.4, 0.5) is 5.69 Å². The van der Waals surface area contributed by atoms with Crippen LogP contribution in [0.2, 0.25) is 0 Å². The molecule has 1 saturated carbocycles. The molecule has 2 aliphatic rings. The zero-order valence-electron chi connectivity index (χ0n) is 26.2. The van der Waals surface area contributed by atoms with Crippen molar-refractivity contribution >= 4 is 40.4 Å². The highest BCUT2D eigenvalue weighted by Gasteiger charge is 2.36. The molecule has 0 saturated heterocycles. The van der Waals surface area contributed by atoms with Gasteiger partial charge in [0.1, 0.15) is 17.9 Å². The molecule has 2 heterocycles. The molecule has 1 atom stereocenters. The molecule has 1 fully saturated rings. The van der Waals surface area contributed by atoms with Crippen molar-refractivity contribution in [1.29, 1.82) is 0 Å². The van der Waals surface area contributed by atoms with Crippen molar-refractivity contribution in [2.45, 2.75) is 57.0 Å². The van der Waals surface area contributed by atoms with Crippen LogP contribution < -0.4 is 15.4 Å². The second kappa shape index (κ2) is 13.2. The topological polar surface area (TPSA) is 119 Å². The molecule has 1 unspecified atom stereocenters. The summed E-state index contributed by atoms with van der Waals surface area (Å²) >= 11 is 0. The van der Waals surface area contributed by atoms with Crippen molar-refractivity contribution in [3.05, 3.63) is 89.5 Å². The number of aromatic nitrogens is 1. The average Bonchev–Trinajstić information content (AvgIpc) is 3.25. The molecule has 0 radical (unpaired) electrons. The maximum absolute atomic E-state index is 13.8. The standard InChI is InChI=1S/C37H39N3O6/c1-37(23-45-2,36(44)38-27-16-12-24(13-17-27)14-19-32(41)42)39-35(43)26-15-18-28-30(22-26)40-20-21-46-31-11-7-6-10-29(31)34(40)33(28)25-8-4-3-5-9-25/h6-7,10-19,22,25H,3-5,8-9,20-21,23H2,1-2H3,(H,38,44)(H,39,43)(H,41,42)/b19-14+. The molecule has 9 nitrogen and oxygen atoms in total. The minimum Gasteiger partial charge on any atom is -0.491 e. The fourth-order valence-corrected chi connectivity index (χ4v) is 6.76. The zero-order chi connectivity index (χ0) is 32.3. The summed E-state index contributed by atoms with van der Waals surface area (Å²) in [6, 6.07) is 20.8. The van der Waals surface area contributed by atoms with Gasteiger partial charge in [0, 0.05) is 40.9 Å². The molecule has 1 aliphatic heterocycles. The Morgan fingerprint density at radius 2 is 1.80 bits per heavy atom. The monoisotopic (exact) mass is 621 g/mol. The first-order valence-electron chi connectivity index (χ1n) is 15.8. The van der Waals surface area contributed by atoms with E-state index in [-0.39, 0.29) is 12.5 Å². The average molecular weight is 622 g/mol. The van der Waals surface area contributed by atoms with Gasteiger partial charge in [-0.2, -0.15) is 0 Å². The third-order valence-electron chi connectivity index (χ3n) is 9.00. The fourth-order valence-electron chi connectivity index (χ4n) is 6.76. The molecule has 3 N–H and O–H groups in total. The van der Waals surface area contributed by atoms with Gasteiger partial charge >= 0.3 is 5.97 Å². The number of carboxylic acid groups (broad SMARTS) is 1. The van der Waals surface area contributed by atoms with Crippen LogP contribution in [0, 0.1) is 0 Å². The lowest BCUT2D eigenvalue weighted by Crippen LogP contribution is -2.57. The first-order chi connectivity index (χ1) is 22.3. The third-order valence-corrected chi connectivity index (χ3v) is 9.00. The van der Waals surface area contributed by atoms with Gasteiger partial charge in [-0.05, 0) is 79.3 Å². The molecule has 46 heavy (non-hydrogen) atoms. The quantitative estimate of drug-likeness (QED) is 0.181. The summed E-state index contributed by atoms with van der Waals surface area (Å²) in [7, 11) is 1.48. The molecule has 4 aromatic rings. The molecule has 9 heteroatoms. The summed E-state index contributed by atoms with van der Waals surface area (Å²) in [4.78, 5) is 38.1. The number of ether oxygens (including phenoxy) is 2. The summed E-state index contributed by atoms with van der Waals surface area (Å²) in [6.07, 6.45) is 8.48. The molecule has 6 rings (SSSR count). The van der Waals surface area contributed by atoms with E-state index in [0.29, 0.717) is 35.9 Å². The number of carboxylic acids is 1. The molecule has 1 aliphatic carbocycles. The number of methoxy groups -OCH3 is 1. The number of amides is 2. The Balaban J connectivity index is 1.31. The van der Waals surface area contributed by atoms with Gasteiger partial charge in [0.05, 0.1) is 18.8 Å². The number of fused-ring (bicyclic) bond motifs is 5. The van der Waals surface area contributed by atoms with E-state index in [1.165, 1.54) is 43.7 Å². The molecule has 3 aromatic carbocycles. The highest BCUT2D eigenvalue weighted by molar-refractivity contribution is 6.05. The van der Waals surface area contributed by atoms with E-state index in [4.69, 9.17) is 14.6 Å². The van der Waals surface area contributed by atoms with Crippen molar-refractivity contribution < 1.29 is 29.0 Å². The summed E-state index contributed by atoms with van der Waals surface area (Å²) in [5.41, 5.74) is 4.84. The van der Waals surface area contributed by atoms with Gasteiger partial charge in [0.25, 0.3) is 11.8 Å². The Bertz CT molecular complexity index is 1800. The second-order valence-electron chi connectivity index (χ2n) is 12.3. The van der Waals surface area contributed by atoms with Crippen molar-refractivity contribution in [2.24, 2.45) is 0 Å². The van der Waals surface area contributed by atoms with E-state index in [2.05, 4.69) is 27.3 Å². The number of para-hydroxylation sites is 1. The van der Waals surface area contributed by atoms with Gasteiger partial charge in [0.2, 0.25) is 0 Å². The minimum absolute atomic E-state index is 0.0489. The minimum atomic E-state index is -1.38. The summed E-state index contributed by atoms with van der Waals surface area (Å²) < 4.78 is 13.9. The van der Waals surface area contributed by atoms with E-state index in [9.17, 15) is 14.4 Å². The van der Waals surface area contributed by atoms with Gasteiger partial charge in [-0.1, -0.05) is 49.6 Å². The predicted molar refractivity (Wildman–Crippen MR) is 178 cm³/mol. The number of carbonyl (C=O) groups is 3. The van der Waals surface area contributed by atoms with Crippen LogP contribution in [-0.2, 0) is 20.9 Å². The van der Waals surface area contributed by atoms with E-state index in [1.54, 1.807) is 31.2 Å². The molecule has 2 amide bonds. The SMILES string of the molecule is COCC(C)(NC(=O)c1ccc2c(C3CCCCC3)c3n(c2c1)CCOc1ccccc1-3)C(=O)Nc1ccc(/C=C/C(=O)O)cc1. The predicted octanol–water partition coefficient (Wildman–Crippen LogP) is 6.62. The summed E-state index contributed by atoms with van der Waals surface area (Å²) in [5.74, 6) is -0.548. The van der Waals surface area contributed by atoms with Gasteiger partial charge < -0.3 is 29.8 Å². The van der Waals surface area contributed by atoms with Crippen LogP contribution in [0.3, 0.4) is 0 Å². The molecule has 238 valence electrons. The van der Waals surface area contributed by atoms with Crippen molar-refractivity contribution in [1.82, 2.24) is 9.88 Å². The van der Waals surface area contributed by atoms with Crippen molar-refractivity contribution in [2.75, 3.05) is 25.6 Å². The smallest absolute Gasteiger partial charge is 0.328 e. The van der Waals surface area contributed by atoms with E-state index in [1.807, 2.05) is 30.3 Å². The number of carbonyl (C=O) groups excluding carboxylic acids is 2. The van der Waals surface area contributed by atoms with E-state index in [0.717, 1.165) is 41.1 Å². The molecular weight excluding hydrogens is 582 g/mol. The molecule has 1 aromatic heterocycles. The molecular formula is C37H39N3O6. The first kappa shape index (κ1) is 31.1. The van der Waals surface area contributed by atoms with Crippen LogP contribution in [0.25, 0.3) is 28.2 Å². The van der Waals surface area contributed by atoms with Crippen LogP contribution >= 0.6 is 0 Å². The van der Waals surface area contributed by atoms with Gasteiger partial charge in [-0.15, -0.1) is 0 Å². The molecule has 0 spiro atoms. The first-order valence-corrected chi connectivity index (χ1v) is 15.8. The van der Waals surface area contributed by atoms with Crippen LogP contribution in [-0.4, -0.2) is 53.3 Å². The van der Waals surface area contributed by atoms with E-state index < -0.39 is 17.4 Å². The number of anilines is 1. The summed E-state index contributed by atoms with van der Waals surface area (Å²) in [6.45, 7) is 2.77. The third kappa shape index (κ3) is 6.28. The Morgan fingerprint density at radius 3 is 2.54 bits per heavy atom. The highest BCUT2D eigenvalue weighted by atomic mass is 16.5. The lowest BCUT2D eigenvalue weighted by molar-refractivity contribution is -0.131. The van der Waals surface area contributed by atoms with Crippen molar-refractivity contribution in [3.63, 3.8) is 0 Å². The Hall–Kier alpha value is -4.89. The Labute approximate surface area is 268 Å². The number of hydrogen-bond donors (Lipinski definition) is 3. The number of rotatable bonds is 9. The highest BCUT2D eigenvalue weighted by Crippen LogP contribution is 2.47. The lowest BCUT2D eigenvalue weighted by Gasteiger charge is -2.29. The normalized spacial score (nSPS) is 16.1.